The maximum Gasteiger partial charge on any atom is 0.191 e. The molecule has 120 valence electrons. The number of hydrogen-bond acceptors (Lipinski definition) is 5. The second-order valence-electron chi connectivity index (χ2n) is 5.07. The van der Waals surface area contributed by atoms with Crippen LogP contribution in [0.5, 0.6) is 0 Å². The topological polar surface area (TPSA) is 80.0 Å². The third kappa shape index (κ3) is 4.03. The zero-order chi connectivity index (χ0) is 16.1. The summed E-state index contributed by atoms with van der Waals surface area (Å²) >= 11 is 1.76. The highest BCUT2D eigenvalue weighted by Gasteiger charge is 2.07. The maximum absolute atomic E-state index is 4.54. The normalized spacial score (nSPS) is 11.8. The highest BCUT2D eigenvalue weighted by Crippen LogP contribution is 2.16. The first-order valence-electron chi connectivity index (χ1n) is 7.23. The Bertz CT molecular complexity index is 637. The van der Waals surface area contributed by atoms with Gasteiger partial charge in [0.1, 0.15) is 5.82 Å². The molecule has 2 aromatic heterocycles. The molecule has 0 aliphatic carbocycles. The van der Waals surface area contributed by atoms with Crippen molar-refractivity contribution in [2.75, 3.05) is 13.6 Å². The van der Waals surface area contributed by atoms with E-state index in [2.05, 4.69) is 37.7 Å². The van der Waals surface area contributed by atoms with Gasteiger partial charge in [0.15, 0.2) is 11.8 Å². The molecular weight excluding hydrogens is 298 g/mol. The molecule has 0 aromatic carbocycles. The minimum absolute atomic E-state index is 0.590. The van der Waals surface area contributed by atoms with Crippen molar-refractivity contribution in [2.24, 2.45) is 12.0 Å². The van der Waals surface area contributed by atoms with Crippen LogP contribution in [-0.2, 0) is 20.0 Å². The number of guanidine groups is 1. The summed E-state index contributed by atoms with van der Waals surface area (Å²) in [6.45, 7) is 7.47. The van der Waals surface area contributed by atoms with Crippen LogP contribution in [0.4, 0.5) is 0 Å². The van der Waals surface area contributed by atoms with Crippen molar-refractivity contribution in [3.8, 4) is 0 Å². The Kier molecular flexibility index (Phi) is 5.48. The van der Waals surface area contributed by atoms with Crippen molar-refractivity contribution in [3.63, 3.8) is 0 Å². The quantitative estimate of drug-likeness (QED) is 0.637. The van der Waals surface area contributed by atoms with Crippen LogP contribution in [0.2, 0.25) is 0 Å². The lowest BCUT2D eigenvalue weighted by Crippen LogP contribution is -2.38. The van der Waals surface area contributed by atoms with Crippen LogP contribution in [0.25, 0.3) is 0 Å². The summed E-state index contributed by atoms with van der Waals surface area (Å²) in [6, 6.07) is 0. The molecule has 0 bridgehead atoms. The zero-order valence-electron chi connectivity index (χ0n) is 13.8. The van der Waals surface area contributed by atoms with Crippen molar-refractivity contribution in [2.45, 2.75) is 33.7 Å². The maximum atomic E-state index is 4.54. The Labute approximate surface area is 134 Å². The van der Waals surface area contributed by atoms with Gasteiger partial charge in [-0.25, -0.2) is 4.98 Å². The van der Waals surface area contributed by atoms with Crippen molar-refractivity contribution in [3.05, 3.63) is 27.2 Å². The standard InChI is InChI=1S/C14H23N7S/c1-9-10(2)22-13(18-9)6-7-16-14(15-4)17-8-12-20-19-11(3)21(12)5/h6-8H2,1-5H3,(H2,15,16,17). The van der Waals surface area contributed by atoms with E-state index < -0.39 is 0 Å². The molecule has 0 fully saturated rings. The van der Waals surface area contributed by atoms with E-state index in [-0.39, 0.29) is 0 Å². The lowest BCUT2D eigenvalue weighted by molar-refractivity contribution is 0.715. The lowest BCUT2D eigenvalue weighted by atomic mass is 10.4. The van der Waals surface area contributed by atoms with Crippen LogP contribution in [0.1, 0.15) is 27.2 Å². The van der Waals surface area contributed by atoms with Crippen molar-refractivity contribution >= 4 is 17.3 Å². The van der Waals surface area contributed by atoms with Crippen LogP contribution in [0.15, 0.2) is 4.99 Å². The van der Waals surface area contributed by atoms with Gasteiger partial charge in [-0.2, -0.15) is 0 Å². The summed E-state index contributed by atoms with van der Waals surface area (Å²) < 4.78 is 1.96. The van der Waals surface area contributed by atoms with E-state index in [1.54, 1.807) is 18.4 Å². The first kappa shape index (κ1) is 16.4. The highest BCUT2D eigenvalue weighted by atomic mass is 32.1. The van der Waals surface area contributed by atoms with Crippen LogP contribution in [-0.4, -0.2) is 39.3 Å². The molecule has 0 aliphatic heterocycles. The fourth-order valence-electron chi connectivity index (χ4n) is 1.92. The van der Waals surface area contributed by atoms with E-state index >= 15 is 0 Å². The number of aromatic nitrogens is 4. The fraction of sp³-hybridized carbons (Fsp3) is 0.571. The number of aliphatic imine (C=N–C) groups is 1. The van der Waals surface area contributed by atoms with Gasteiger partial charge in [-0.3, -0.25) is 4.99 Å². The van der Waals surface area contributed by atoms with E-state index in [9.17, 15) is 0 Å². The Hall–Kier alpha value is -1.96. The molecule has 7 nitrogen and oxygen atoms in total. The first-order valence-corrected chi connectivity index (χ1v) is 8.05. The van der Waals surface area contributed by atoms with Crippen LogP contribution in [0, 0.1) is 20.8 Å². The average molecular weight is 321 g/mol. The summed E-state index contributed by atoms with van der Waals surface area (Å²) in [6.07, 6.45) is 0.892. The van der Waals surface area contributed by atoms with Gasteiger partial charge < -0.3 is 15.2 Å². The third-order valence-electron chi connectivity index (χ3n) is 3.52. The van der Waals surface area contributed by atoms with E-state index in [1.807, 2.05) is 25.5 Å². The summed E-state index contributed by atoms with van der Waals surface area (Å²) in [4.78, 5) is 10.0. The summed E-state index contributed by atoms with van der Waals surface area (Å²) in [5.74, 6) is 2.53. The van der Waals surface area contributed by atoms with E-state index in [4.69, 9.17) is 0 Å². The number of thiazole rings is 1. The van der Waals surface area contributed by atoms with Gasteiger partial charge >= 0.3 is 0 Å². The zero-order valence-corrected chi connectivity index (χ0v) is 14.6. The van der Waals surface area contributed by atoms with Crippen LogP contribution >= 0.6 is 11.3 Å². The van der Waals surface area contributed by atoms with Gasteiger partial charge in [0.05, 0.1) is 17.2 Å². The summed E-state index contributed by atoms with van der Waals surface area (Å²) in [5.41, 5.74) is 1.13. The number of aryl methyl sites for hydroxylation is 3. The predicted octanol–water partition coefficient (Wildman–Crippen LogP) is 1.10. The fourth-order valence-corrected chi connectivity index (χ4v) is 2.86. The second-order valence-corrected chi connectivity index (χ2v) is 6.36. The molecule has 0 atom stereocenters. The highest BCUT2D eigenvalue weighted by molar-refractivity contribution is 7.11. The van der Waals surface area contributed by atoms with Gasteiger partial charge in [0.2, 0.25) is 0 Å². The first-order chi connectivity index (χ1) is 10.5. The largest absolute Gasteiger partial charge is 0.356 e. The van der Waals surface area contributed by atoms with Gasteiger partial charge in [-0.05, 0) is 20.8 Å². The monoisotopic (exact) mass is 321 g/mol. The van der Waals surface area contributed by atoms with Crippen molar-refractivity contribution < 1.29 is 0 Å². The molecule has 2 rings (SSSR count). The molecule has 0 amide bonds. The Morgan fingerprint density at radius 1 is 1.23 bits per heavy atom. The SMILES string of the molecule is CN=C(NCCc1nc(C)c(C)s1)NCc1nnc(C)n1C. The molecule has 0 saturated carbocycles. The van der Waals surface area contributed by atoms with Gasteiger partial charge in [-0.1, -0.05) is 0 Å². The van der Waals surface area contributed by atoms with Crippen molar-refractivity contribution in [1.29, 1.82) is 0 Å². The van der Waals surface area contributed by atoms with E-state index in [1.165, 1.54) is 4.88 Å². The molecule has 2 N–H and O–H groups in total. The molecule has 8 heteroatoms. The number of nitrogens with zero attached hydrogens (tertiary/aromatic N) is 5. The number of nitrogens with one attached hydrogen (secondary N) is 2. The third-order valence-corrected chi connectivity index (χ3v) is 4.66. The van der Waals surface area contributed by atoms with Gasteiger partial charge in [0, 0.05) is 31.9 Å². The van der Waals surface area contributed by atoms with E-state index in [0.29, 0.717) is 6.54 Å². The molecule has 0 unspecified atom stereocenters. The predicted molar refractivity (Wildman–Crippen MR) is 89.2 cm³/mol. The Morgan fingerprint density at radius 3 is 2.55 bits per heavy atom. The number of rotatable bonds is 5. The minimum Gasteiger partial charge on any atom is -0.356 e. The van der Waals surface area contributed by atoms with E-state index in [0.717, 1.165) is 41.3 Å². The molecule has 2 aromatic rings. The molecule has 0 radical (unpaired) electrons. The summed E-state index contributed by atoms with van der Waals surface area (Å²) in [7, 11) is 3.71. The van der Waals surface area contributed by atoms with Crippen LogP contribution in [0.3, 0.4) is 0 Å². The van der Waals surface area contributed by atoms with Crippen molar-refractivity contribution in [1.82, 2.24) is 30.4 Å². The molecular formula is C14H23N7S. The number of hydrogen-bond donors (Lipinski definition) is 2. The molecule has 0 saturated heterocycles. The molecule has 2 heterocycles. The summed E-state index contributed by atoms with van der Waals surface area (Å²) in [5, 5.41) is 15.8. The smallest absolute Gasteiger partial charge is 0.191 e. The Morgan fingerprint density at radius 2 is 2.00 bits per heavy atom. The second kappa shape index (κ2) is 7.35. The molecule has 0 aliphatic rings. The van der Waals surface area contributed by atoms with Gasteiger partial charge in [0.25, 0.3) is 0 Å². The molecule has 0 spiro atoms. The average Bonchev–Trinajstić information content (AvgIpc) is 2.98. The Balaban J connectivity index is 1.79. The minimum atomic E-state index is 0.590. The molecule has 22 heavy (non-hydrogen) atoms. The van der Waals surface area contributed by atoms with Crippen LogP contribution < -0.4 is 10.6 Å². The lowest BCUT2D eigenvalue weighted by Gasteiger charge is -2.11. The van der Waals surface area contributed by atoms with Gasteiger partial charge in [-0.15, -0.1) is 21.5 Å².